The van der Waals surface area contributed by atoms with Crippen LogP contribution in [-0.4, -0.2) is 19.4 Å². The zero-order chi connectivity index (χ0) is 14.1. The molecule has 0 radical (unpaired) electrons. The molecule has 0 aliphatic heterocycles. The van der Waals surface area contributed by atoms with Gasteiger partial charge in [-0.3, -0.25) is 0 Å². The van der Waals surface area contributed by atoms with Crippen molar-refractivity contribution < 1.29 is 14.3 Å². The average molecular weight is 287 g/mol. The third kappa shape index (κ3) is 3.27. The fourth-order valence-electron chi connectivity index (χ4n) is 1.19. The van der Waals surface area contributed by atoms with Crippen LogP contribution in [0.4, 0.5) is 0 Å². The lowest BCUT2D eigenvalue weighted by Crippen LogP contribution is -2.44. The fourth-order valence-corrected chi connectivity index (χ4v) is 2.37. The fraction of sp³-hybridized carbons (Fsp3) is 0.462. The van der Waals surface area contributed by atoms with Crippen LogP contribution in [0.2, 0.25) is 23.2 Å². The van der Waals surface area contributed by atoms with E-state index in [4.69, 9.17) is 21.1 Å². The van der Waals surface area contributed by atoms with Crippen molar-refractivity contribution in [3.05, 3.63) is 28.8 Å². The third-order valence-corrected chi connectivity index (χ3v) is 7.92. The van der Waals surface area contributed by atoms with Crippen molar-refractivity contribution in [2.75, 3.05) is 0 Å². The predicted molar refractivity (Wildman–Crippen MR) is 76.2 cm³/mol. The molecular weight excluding hydrogens is 268 g/mol. The number of carboxylic acids is 1. The quantitative estimate of drug-likeness (QED) is 0.837. The van der Waals surface area contributed by atoms with Crippen LogP contribution in [0, 0.1) is 0 Å². The third-order valence-electron chi connectivity index (χ3n) is 3.35. The Morgan fingerprint density at radius 2 is 1.89 bits per heavy atom. The van der Waals surface area contributed by atoms with Gasteiger partial charge < -0.3 is 9.53 Å². The molecule has 0 aliphatic rings. The number of rotatable bonds is 3. The first-order valence-electron chi connectivity index (χ1n) is 5.76. The minimum Gasteiger partial charge on any atom is -0.543 e. The summed E-state index contributed by atoms with van der Waals surface area (Å²) in [6.07, 6.45) is 0. The second-order valence-corrected chi connectivity index (χ2v) is 11.0. The lowest BCUT2D eigenvalue weighted by molar-refractivity contribution is 0.0694. The minimum atomic E-state index is -2.07. The summed E-state index contributed by atoms with van der Waals surface area (Å²) in [5.74, 6) is -0.637. The van der Waals surface area contributed by atoms with Gasteiger partial charge in [0.15, 0.2) is 0 Å². The highest BCUT2D eigenvalue weighted by Crippen LogP contribution is 2.38. The molecule has 0 amide bonds. The number of benzene rings is 1. The van der Waals surface area contributed by atoms with E-state index in [0.717, 1.165) is 0 Å². The number of hydrogen-bond donors (Lipinski definition) is 1. The van der Waals surface area contributed by atoms with Crippen molar-refractivity contribution in [2.45, 2.75) is 38.9 Å². The molecule has 0 heterocycles. The van der Waals surface area contributed by atoms with Gasteiger partial charge in [0.2, 0.25) is 0 Å². The molecule has 0 aliphatic carbocycles. The van der Waals surface area contributed by atoms with Crippen LogP contribution in [0.1, 0.15) is 31.1 Å². The van der Waals surface area contributed by atoms with E-state index in [0.29, 0.717) is 10.8 Å². The maximum absolute atomic E-state index is 11.2. The van der Waals surface area contributed by atoms with Gasteiger partial charge in [-0.15, -0.1) is 0 Å². The lowest BCUT2D eigenvalue weighted by atomic mass is 10.2. The molecule has 0 fully saturated rings. The number of aromatic carboxylic acids is 1. The molecule has 1 aromatic rings. The van der Waals surface area contributed by atoms with Crippen LogP contribution in [0.15, 0.2) is 18.2 Å². The van der Waals surface area contributed by atoms with Crippen LogP contribution < -0.4 is 4.43 Å². The smallest absolute Gasteiger partial charge is 0.339 e. The predicted octanol–water partition coefficient (Wildman–Crippen LogP) is 4.42. The Labute approximate surface area is 114 Å². The lowest BCUT2D eigenvalue weighted by Gasteiger charge is -2.36. The van der Waals surface area contributed by atoms with Crippen LogP contribution >= 0.6 is 11.6 Å². The molecule has 3 nitrogen and oxygen atoms in total. The molecule has 0 saturated heterocycles. The molecule has 1 rings (SSSR count). The monoisotopic (exact) mass is 286 g/mol. The average Bonchev–Trinajstić information content (AvgIpc) is 2.14. The molecule has 0 bridgehead atoms. The molecule has 0 unspecified atom stereocenters. The number of carbonyl (C=O) groups is 1. The first-order chi connectivity index (χ1) is 8.04. The van der Waals surface area contributed by atoms with Gasteiger partial charge in [0.05, 0.1) is 0 Å². The van der Waals surface area contributed by atoms with Crippen molar-refractivity contribution in [2.24, 2.45) is 0 Å². The summed E-state index contributed by atoms with van der Waals surface area (Å²) in [4.78, 5) is 11.2. The van der Waals surface area contributed by atoms with Gasteiger partial charge in [0.1, 0.15) is 11.3 Å². The van der Waals surface area contributed by atoms with Gasteiger partial charge >= 0.3 is 5.97 Å². The Morgan fingerprint density at radius 3 is 2.33 bits per heavy atom. The highest BCUT2D eigenvalue weighted by atomic mass is 35.5. The SMILES string of the molecule is CC(C)(C)[Si](C)(C)Oc1cc(Cl)ccc1C(=O)O. The highest BCUT2D eigenvalue weighted by Gasteiger charge is 2.39. The summed E-state index contributed by atoms with van der Waals surface area (Å²) in [6, 6.07) is 4.61. The summed E-state index contributed by atoms with van der Waals surface area (Å²) in [6.45, 7) is 10.4. The summed E-state index contributed by atoms with van der Waals surface area (Å²) < 4.78 is 6.01. The largest absolute Gasteiger partial charge is 0.543 e. The Morgan fingerprint density at radius 1 is 1.33 bits per heavy atom. The molecule has 0 aromatic heterocycles. The standard InChI is InChI=1S/C13H19ClO3Si/c1-13(2,3)18(4,5)17-11-8-9(14)6-7-10(11)12(15)16/h6-8H,1-5H3,(H,15,16). The zero-order valence-corrected chi connectivity index (χ0v) is 13.1. The van der Waals surface area contributed by atoms with E-state index in [1.807, 2.05) is 0 Å². The van der Waals surface area contributed by atoms with Crippen LogP contribution in [-0.2, 0) is 0 Å². The van der Waals surface area contributed by atoms with Gasteiger partial charge in [0, 0.05) is 5.02 Å². The van der Waals surface area contributed by atoms with E-state index in [1.165, 1.54) is 6.07 Å². The molecule has 5 heteroatoms. The van der Waals surface area contributed by atoms with Crippen molar-refractivity contribution in [3.63, 3.8) is 0 Å². The van der Waals surface area contributed by atoms with Crippen LogP contribution in [0.3, 0.4) is 0 Å². The van der Waals surface area contributed by atoms with Gasteiger partial charge in [0.25, 0.3) is 8.32 Å². The Kier molecular flexibility index (Phi) is 4.13. The Hall–Kier alpha value is -1.00. The topological polar surface area (TPSA) is 46.5 Å². The normalized spacial score (nSPS) is 12.3. The summed E-state index contributed by atoms with van der Waals surface area (Å²) >= 11 is 5.91. The number of hydrogen-bond acceptors (Lipinski definition) is 2. The summed E-state index contributed by atoms with van der Waals surface area (Å²) in [5, 5.41) is 9.63. The van der Waals surface area contributed by atoms with Crippen molar-refractivity contribution in [1.82, 2.24) is 0 Å². The second kappa shape index (κ2) is 4.94. The van der Waals surface area contributed by atoms with Crippen molar-refractivity contribution in [3.8, 4) is 5.75 Å². The molecular formula is C13H19ClO3Si. The van der Waals surface area contributed by atoms with Crippen molar-refractivity contribution in [1.29, 1.82) is 0 Å². The van der Waals surface area contributed by atoms with E-state index in [-0.39, 0.29) is 10.6 Å². The molecule has 0 spiro atoms. The van der Waals surface area contributed by atoms with E-state index < -0.39 is 14.3 Å². The van der Waals surface area contributed by atoms with E-state index in [2.05, 4.69) is 33.9 Å². The number of halogens is 1. The van der Waals surface area contributed by atoms with Gasteiger partial charge in [-0.25, -0.2) is 4.79 Å². The molecule has 100 valence electrons. The first-order valence-corrected chi connectivity index (χ1v) is 9.05. The molecule has 0 saturated carbocycles. The summed E-state index contributed by atoms with van der Waals surface area (Å²) in [7, 11) is -2.07. The van der Waals surface area contributed by atoms with Crippen LogP contribution in [0.25, 0.3) is 0 Å². The van der Waals surface area contributed by atoms with Gasteiger partial charge in [-0.2, -0.15) is 0 Å². The number of carboxylic acid groups (broad SMARTS) is 1. The van der Waals surface area contributed by atoms with Crippen molar-refractivity contribution >= 4 is 25.9 Å². The van der Waals surface area contributed by atoms with E-state index in [9.17, 15) is 4.79 Å². The highest BCUT2D eigenvalue weighted by molar-refractivity contribution is 6.74. The molecule has 1 aromatic carbocycles. The molecule has 0 atom stereocenters. The zero-order valence-electron chi connectivity index (χ0n) is 11.4. The van der Waals surface area contributed by atoms with Gasteiger partial charge in [-0.05, 0) is 36.3 Å². The Bertz CT molecular complexity index is 464. The summed E-state index contributed by atoms with van der Waals surface area (Å²) in [5.41, 5.74) is 0.157. The van der Waals surface area contributed by atoms with E-state index in [1.54, 1.807) is 12.1 Å². The first kappa shape index (κ1) is 15.1. The molecule has 18 heavy (non-hydrogen) atoms. The van der Waals surface area contributed by atoms with Crippen LogP contribution in [0.5, 0.6) is 5.75 Å². The Balaban J connectivity index is 3.18. The molecule has 1 N–H and O–H groups in total. The maximum Gasteiger partial charge on any atom is 0.339 e. The maximum atomic E-state index is 11.2. The minimum absolute atomic E-state index is 0.00505. The van der Waals surface area contributed by atoms with E-state index >= 15 is 0 Å². The second-order valence-electron chi connectivity index (χ2n) is 5.81. The van der Waals surface area contributed by atoms with Gasteiger partial charge in [-0.1, -0.05) is 32.4 Å².